The van der Waals surface area contributed by atoms with Gasteiger partial charge in [0, 0.05) is 6.04 Å². The first-order valence-corrected chi connectivity index (χ1v) is 4.62. The second kappa shape index (κ2) is 3.00. The molecule has 0 aliphatic rings. The smallest absolute Gasteiger partial charge is 0.135 e. The molecule has 0 aliphatic heterocycles. The number of halogens is 1. The Kier molecular flexibility index (Phi) is 2.41. The van der Waals surface area contributed by atoms with E-state index in [1.54, 1.807) is 0 Å². The van der Waals surface area contributed by atoms with Crippen LogP contribution in [0.3, 0.4) is 0 Å². The number of anilines is 1. The minimum absolute atomic E-state index is 0.345. The van der Waals surface area contributed by atoms with Crippen molar-refractivity contribution in [2.24, 2.45) is 0 Å². The largest absolute Gasteiger partial charge is 0.383 e. The third-order valence-corrected chi connectivity index (χ3v) is 2.87. The topological polar surface area (TPSA) is 43.8 Å². The van der Waals surface area contributed by atoms with Gasteiger partial charge in [-0.25, -0.2) is 4.68 Å². The fourth-order valence-corrected chi connectivity index (χ4v) is 1.29. The van der Waals surface area contributed by atoms with E-state index >= 15 is 0 Å². The van der Waals surface area contributed by atoms with Crippen LogP contribution in [0.15, 0.2) is 0 Å². The zero-order chi connectivity index (χ0) is 8.59. The van der Waals surface area contributed by atoms with Crippen LogP contribution in [-0.4, -0.2) is 9.78 Å². The maximum atomic E-state index is 5.80. The van der Waals surface area contributed by atoms with E-state index in [-0.39, 0.29) is 0 Å². The molecule has 0 aliphatic carbocycles. The van der Waals surface area contributed by atoms with E-state index in [1.807, 2.05) is 11.6 Å². The van der Waals surface area contributed by atoms with E-state index in [1.165, 1.54) is 0 Å². The Morgan fingerprint density at radius 1 is 1.55 bits per heavy atom. The summed E-state index contributed by atoms with van der Waals surface area (Å²) in [5.74, 6) is 0.776. The molecule has 0 bridgehead atoms. The summed E-state index contributed by atoms with van der Waals surface area (Å²) in [6, 6.07) is 0.345. The lowest BCUT2D eigenvalue weighted by molar-refractivity contribution is 0.537. The van der Waals surface area contributed by atoms with Crippen molar-refractivity contribution >= 4 is 28.4 Å². The molecule has 0 unspecified atom stereocenters. The molecule has 1 aromatic rings. The second-order valence-corrected chi connectivity index (χ2v) is 3.90. The molecule has 62 valence electrons. The van der Waals surface area contributed by atoms with Crippen LogP contribution in [-0.2, 0) is 0 Å². The van der Waals surface area contributed by atoms with E-state index in [0.717, 1.165) is 15.1 Å². The number of aromatic nitrogens is 2. The van der Waals surface area contributed by atoms with Crippen molar-refractivity contribution < 1.29 is 0 Å². The molecule has 1 aromatic heterocycles. The summed E-state index contributed by atoms with van der Waals surface area (Å²) in [5.41, 5.74) is 6.81. The average molecular weight is 265 g/mol. The van der Waals surface area contributed by atoms with E-state index in [4.69, 9.17) is 5.73 Å². The summed E-state index contributed by atoms with van der Waals surface area (Å²) in [4.78, 5) is 0. The lowest BCUT2D eigenvalue weighted by Crippen LogP contribution is -2.07. The first kappa shape index (κ1) is 8.83. The van der Waals surface area contributed by atoms with Crippen molar-refractivity contribution in [3.05, 3.63) is 9.26 Å². The highest BCUT2D eigenvalue weighted by molar-refractivity contribution is 14.1. The van der Waals surface area contributed by atoms with Crippen molar-refractivity contribution in [3.8, 4) is 0 Å². The van der Waals surface area contributed by atoms with Crippen molar-refractivity contribution in [2.45, 2.75) is 26.8 Å². The van der Waals surface area contributed by atoms with Gasteiger partial charge in [-0.2, -0.15) is 5.10 Å². The standard InChI is InChI=1S/C7H12IN3/c1-4(2)11-7(9)6(8)5(3)10-11/h4H,9H2,1-3H3. The van der Waals surface area contributed by atoms with Gasteiger partial charge in [0.1, 0.15) is 5.82 Å². The number of hydrogen-bond acceptors (Lipinski definition) is 2. The van der Waals surface area contributed by atoms with Crippen LogP contribution in [0.4, 0.5) is 5.82 Å². The molecule has 0 saturated carbocycles. The molecule has 4 heteroatoms. The van der Waals surface area contributed by atoms with Crippen LogP contribution >= 0.6 is 22.6 Å². The van der Waals surface area contributed by atoms with Gasteiger partial charge in [0.25, 0.3) is 0 Å². The fourth-order valence-electron chi connectivity index (χ4n) is 0.939. The van der Waals surface area contributed by atoms with Crippen molar-refractivity contribution in [1.29, 1.82) is 0 Å². The quantitative estimate of drug-likeness (QED) is 0.789. The molecule has 0 saturated heterocycles. The Morgan fingerprint density at radius 3 is 2.27 bits per heavy atom. The van der Waals surface area contributed by atoms with Gasteiger partial charge in [0.2, 0.25) is 0 Å². The van der Waals surface area contributed by atoms with Crippen LogP contribution in [0.25, 0.3) is 0 Å². The fraction of sp³-hybridized carbons (Fsp3) is 0.571. The predicted octanol–water partition coefficient (Wildman–Crippen LogP) is 1.96. The van der Waals surface area contributed by atoms with Crippen LogP contribution < -0.4 is 5.73 Å². The highest BCUT2D eigenvalue weighted by Gasteiger charge is 2.10. The highest BCUT2D eigenvalue weighted by Crippen LogP contribution is 2.21. The van der Waals surface area contributed by atoms with E-state index in [9.17, 15) is 0 Å². The summed E-state index contributed by atoms with van der Waals surface area (Å²) < 4.78 is 2.91. The SMILES string of the molecule is Cc1nn(C(C)C)c(N)c1I. The number of hydrogen-bond donors (Lipinski definition) is 1. The minimum Gasteiger partial charge on any atom is -0.383 e. The van der Waals surface area contributed by atoms with Crippen molar-refractivity contribution in [3.63, 3.8) is 0 Å². The Bertz CT molecular complexity index is 265. The van der Waals surface area contributed by atoms with Crippen LogP contribution in [0, 0.1) is 10.5 Å². The molecule has 0 amide bonds. The molecular weight excluding hydrogens is 253 g/mol. The Labute approximate surface area is 80.1 Å². The molecule has 3 nitrogen and oxygen atoms in total. The average Bonchev–Trinajstić information content (AvgIpc) is 2.17. The molecule has 11 heavy (non-hydrogen) atoms. The van der Waals surface area contributed by atoms with Gasteiger partial charge in [-0.15, -0.1) is 0 Å². The molecule has 1 rings (SSSR count). The maximum absolute atomic E-state index is 5.80. The molecule has 0 atom stereocenters. The van der Waals surface area contributed by atoms with Gasteiger partial charge in [0.15, 0.2) is 0 Å². The number of nitrogens with zero attached hydrogens (tertiary/aromatic N) is 2. The monoisotopic (exact) mass is 265 g/mol. The van der Waals surface area contributed by atoms with E-state index in [0.29, 0.717) is 6.04 Å². The number of aryl methyl sites for hydroxylation is 1. The third-order valence-electron chi connectivity index (χ3n) is 1.54. The normalized spacial score (nSPS) is 11.0. The van der Waals surface area contributed by atoms with Gasteiger partial charge < -0.3 is 5.73 Å². The maximum Gasteiger partial charge on any atom is 0.135 e. The minimum atomic E-state index is 0.345. The van der Waals surface area contributed by atoms with E-state index in [2.05, 4.69) is 41.5 Å². The lowest BCUT2D eigenvalue weighted by Gasteiger charge is -2.06. The van der Waals surface area contributed by atoms with Gasteiger partial charge >= 0.3 is 0 Å². The molecule has 1 heterocycles. The Morgan fingerprint density at radius 2 is 2.09 bits per heavy atom. The van der Waals surface area contributed by atoms with Gasteiger partial charge in [-0.05, 0) is 43.4 Å². The van der Waals surface area contributed by atoms with Crippen LogP contribution in [0.2, 0.25) is 0 Å². The predicted molar refractivity (Wildman–Crippen MR) is 54.5 cm³/mol. The van der Waals surface area contributed by atoms with Gasteiger partial charge in [-0.3, -0.25) is 0 Å². The number of nitrogens with two attached hydrogens (primary N) is 1. The Balaban J connectivity index is 3.19. The third kappa shape index (κ3) is 1.50. The summed E-state index contributed by atoms with van der Waals surface area (Å²) >= 11 is 2.21. The Hall–Kier alpha value is -0.260. The summed E-state index contributed by atoms with van der Waals surface area (Å²) in [6.45, 7) is 6.11. The van der Waals surface area contributed by atoms with Crippen LogP contribution in [0.1, 0.15) is 25.6 Å². The molecule has 0 radical (unpaired) electrons. The van der Waals surface area contributed by atoms with E-state index < -0.39 is 0 Å². The molecule has 0 fully saturated rings. The van der Waals surface area contributed by atoms with Gasteiger partial charge in [0.05, 0.1) is 9.26 Å². The summed E-state index contributed by atoms with van der Waals surface area (Å²) in [5, 5.41) is 4.29. The zero-order valence-electron chi connectivity index (χ0n) is 6.93. The molecule has 2 N–H and O–H groups in total. The van der Waals surface area contributed by atoms with Crippen molar-refractivity contribution in [2.75, 3.05) is 5.73 Å². The number of rotatable bonds is 1. The second-order valence-electron chi connectivity index (χ2n) is 2.82. The molecule has 0 spiro atoms. The van der Waals surface area contributed by atoms with Gasteiger partial charge in [-0.1, -0.05) is 0 Å². The summed E-state index contributed by atoms with van der Waals surface area (Å²) in [6.07, 6.45) is 0. The van der Waals surface area contributed by atoms with Crippen LogP contribution in [0.5, 0.6) is 0 Å². The number of nitrogen functional groups attached to an aromatic ring is 1. The van der Waals surface area contributed by atoms with Crippen molar-refractivity contribution in [1.82, 2.24) is 9.78 Å². The highest BCUT2D eigenvalue weighted by atomic mass is 127. The lowest BCUT2D eigenvalue weighted by atomic mass is 10.4. The molecule has 0 aromatic carbocycles. The first-order valence-electron chi connectivity index (χ1n) is 3.54. The first-order chi connectivity index (χ1) is 5.04. The molecular formula is C7H12IN3. The zero-order valence-corrected chi connectivity index (χ0v) is 9.08. The summed E-state index contributed by atoms with van der Waals surface area (Å²) in [7, 11) is 0.